The van der Waals surface area contributed by atoms with Gasteiger partial charge in [0.05, 0.1) is 0 Å². The first-order valence-corrected chi connectivity index (χ1v) is 7.23. The minimum absolute atomic E-state index is 0.0513. The number of nitriles is 1. The van der Waals surface area contributed by atoms with Gasteiger partial charge in [-0.1, -0.05) is 0 Å². The molecule has 0 spiro atoms. The van der Waals surface area contributed by atoms with Crippen LogP contribution in [0.2, 0.25) is 0 Å². The molecule has 1 N–H and O–H groups in total. The molecule has 1 saturated carbocycles. The second kappa shape index (κ2) is 6.01. The predicted octanol–water partition coefficient (Wildman–Crippen LogP) is 1.69. The summed E-state index contributed by atoms with van der Waals surface area (Å²) < 4.78 is 12.1. The fourth-order valence-corrected chi connectivity index (χ4v) is 2.23. The maximum Gasteiger partial charge on any atom is 0.343 e. The van der Waals surface area contributed by atoms with Crippen molar-refractivity contribution in [3.8, 4) is 12.0 Å². The van der Waals surface area contributed by atoms with Crippen LogP contribution in [0.1, 0.15) is 34.5 Å². The van der Waals surface area contributed by atoms with Crippen LogP contribution < -0.4 is 5.32 Å². The lowest BCUT2D eigenvalue weighted by molar-refractivity contribution is -0.124. The molecular weight excluding hydrogens is 298 g/mol. The molecule has 0 aliphatic heterocycles. The molecule has 0 bridgehead atoms. The average Bonchev–Trinajstić information content (AvgIpc) is 3.05. The summed E-state index contributed by atoms with van der Waals surface area (Å²) in [5, 5.41) is 12.1. The molecule has 118 valence electrons. The van der Waals surface area contributed by atoms with E-state index in [-0.39, 0.29) is 41.3 Å². The molecule has 2 aromatic rings. The van der Waals surface area contributed by atoms with Gasteiger partial charge in [0.25, 0.3) is 5.91 Å². The Kier molecular flexibility index (Phi) is 3.89. The third-order valence-electron chi connectivity index (χ3n) is 3.50. The third kappa shape index (κ3) is 3.11. The van der Waals surface area contributed by atoms with Crippen molar-refractivity contribution >= 4 is 11.9 Å². The largest absolute Gasteiger partial charge is 0.452 e. The number of carbonyl (C=O) groups is 2. The third-order valence-corrected chi connectivity index (χ3v) is 3.50. The molecule has 1 fully saturated rings. The standard InChI is InChI=1S/C16H15N3O4/c1-10-14(16(21)22-9-13(20)18-11-4-5-11)12(8-17)15(23-10)19-6-2-3-7-19/h2-3,6-7,11H,4-5,9H2,1H3,(H,18,20). The van der Waals surface area contributed by atoms with Gasteiger partial charge in [-0.2, -0.15) is 5.26 Å². The molecule has 1 aliphatic carbocycles. The number of nitrogens with zero attached hydrogens (tertiary/aromatic N) is 2. The fourth-order valence-electron chi connectivity index (χ4n) is 2.23. The topological polar surface area (TPSA) is 97.3 Å². The first-order valence-electron chi connectivity index (χ1n) is 7.23. The SMILES string of the molecule is Cc1oc(-n2cccc2)c(C#N)c1C(=O)OCC(=O)NC1CC1. The van der Waals surface area contributed by atoms with Gasteiger partial charge in [0.1, 0.15) is 23.0 Å². The summed E-state index contributed by atoms with van der Waals surface area (Å²) in [6, 6.07) is 5.72. The molecule has 0 atom stereocenters. The van der Waals surface area contributed by atoms with Crippen LogP contribution in [0.3, 0.4) is 0 Å². The van der Waals surface area contributed by atoms with E-state index in [0.717, 1.165) is 12.8 Å². The van der Waals surface area contributed by atoms with Crippen LogP contribution in [-0.2, 0) is 9.53 Å². The molecule has 7 nitrogen and oxygen atoms in total. The van der Waals surface area contributed by atoms with Crippen molar-refractivity contribution in [2.75, 3.05) is 6.61 Å². The second-order valence-corrected chi connectivity index (χ2v) is 5.33. The molecule has 0 aromatic carbocycles. The highest BCUT2D eigenvalue weighted by molar-refractivity contribution is 5.95. The van der Waals surface area contributed by atoms with Crippen LogP contribution in [-0.4, -0.2) is 29.1 Å². The second-order valence-electron chi connectivity index (χ2n) is 5.33. The number of aryl methyl sites for hydroxylation is 1. The van der Waals surface area contributed by atoms with Gasteiger partial charge in [-0.25, -0.2) is 4.79 Å². The highest BCUT2D eigenvalue weighted by Crippen LogP contribution is 2.26. The molecule has 0 unspecified atom stereocenters. The average molecular weight is 313 g/mol. The maximum atomic E-state index is 12.2. The summed E-state index contributed by atoms with van der Waals surface area (Å²) in [6.07, 6.45) is 5.33. The number of hydrogen-bond donors (Lipinski definition) is 1. The maximum absolute atomic E-state index is 12.2. The molecular formula is C16H15N3O4. The minimum atomic E-state index is -0.743. The van der Waals surface area contributed by atoms with Gasteiger partial charge in [0.2, 0.25) is 5.88 Å². The minimum Gasteiger partial charge on any atom is -0.452 e. The van der Waals surface area contributed by atoms with Crippen molar-refractivity contribution in [3.63, 3.8) is 0 Å². The first-order chi connectivity index (χ1) is 11.1. The molecule has 1 aliphatic rings. The molecule has 3 rings (SSSR count). The number of aromatic nitrogens is 1. The van der Waals surface area contributed by atoms with Crippen molar-refractivity contribution in [1.29, 1.82) is 5.26 Å². The van der Waals surface area contributed by atoms with Crippen molar-refractivity contribution < 1.29 is 18.7 Å². The summed E-state index contributed by atoms with van der Waals surface area (Å²) in [5.41, 5.74) is 0.140. The summed E-state index contributed by atoms with van der Waals surface area (Å²) >= 11 is 0. The Labute approximate surface area is 132 Å². The molecule has 7 heteroatoms. The molecule has 23 heavy (non-hydrogen) atoms. The van der Waals surface area contributed by atoms with Crippen molar-refractivity contribution in [2.45, 2.75) is 25.8 Å². The van der Waals surface area contributed by atoms with Crippen LogP contribution in [0.25, 0.3) is 5.88 Å². The van der Waals surface area contributed by atoms with Gasteiger partial charge in [-0.15, -0.1) is 0 Å². The van der Waals surface area contributed by atoms with Crippen molar-refractivity contribution in [3.05, 3.63) is 41.4 Å². The van der Waals surface area contributed by atoms with Crippen LogP contribution in [0, 0.1) is 18.3 Å². The number of ether oxygens (including phenoxy) is 1. The van der Waals surface area contributed by atoms with E-state index < -0.39 is 5.97 Å². The lowest BCUT2D eigenvalue weighted by atomic mass is 10.1. The van der Waals surface area contributed by atoms with Gasteiger partial charge in [0, 0.05) is 18.4 Å². The molecule has 0 radical (unpaired) electrons. The first kappa shape index (κ1) is 14.9. The van der Waals surface area contributed by atoms with E-state index in [0.29, 0.717) is 0 Å². The highest BCUT2D eigenvalue weighted by atomic mass is 16.5. The molecule has 0 saturated heterocycles. The zero-order valence-corrected chi connectivity index (χ0v) is 12.5. The van der Waals surface area contributed by atoms with Crippen LogP contribution in [0.4, 0.5) is 0 Å². The predicted molar refractivity (Wildman–Crippen MR) is 78.9 cm³/mol. The normalized spacial score (nSPS) is 13.4. The van der Waals surface area contributed by atoms with E-state index in [4.69, 9.17) is 9.15 Å². The summed E-state index contributed by atoms with van der Waals surface area (Å²) in [6.45, 7) is 1.21. The Morgan fingerprint density at radius 3 is 2.74 bits per heavy atom. The monoisotopic (exact) mass is 313 g/mol. The Hall–Kier alpha value is -3.01. The number of rotatable bonds is 5. The van der Waals surface area contributed by atoms with Crippen LogP contribution in [0.15, 0.2) is 28.9 Å². The number of amides is 1. The smallest absolute Gasteiger partial charge is 0.343 e. The van der Waals surface area contributed by atoms with Crippen molar-refractivity contribution in [2.24, 2.45) is 0 Å². The zero-order valence-electron chi connectivity index (χ0n) is 12.5. The van der Waals surface area contributed by atoms with Gasteiger partial charge in [-0.05, 0) is 31.9 Å². The lowest BCUT2D eigenvalue weighted by Gasteiger charge is -2.05. The quantitative estimate of drug-likeness (QED) is 0.847. The number of hydrogen-bond acceptors (Lipinski definition) is 5. The summed E-state index contributed by atoms with van der Waals surface area (Å²) in [7, 11) is 0. The van der Waals surface area contributed by atoms with Crippen molar-refractivity contribution in [1.82, 2.24) is 9.88 Å². The Morgan fingerprint density at radius 2 is 2.13 bits per heavy atom. The van der Waals surface area contributed by atoms with Gasteiger partial charge < -0.3 is 14.5 Å². The van der Waals surface area contributed by atoms with E-state index in [9.17, 15) is 14.9 Å². The van der Waals surface area contributed by atoms with E-state index in [1.54, 1.807) is 36.0 Å². The lowest BCUT2D eigenvalue weighted by Crippen LogP contribution is -2.30. The highest BCUT2D eigenvalue weighted by Gasteiger charge is 2.27. The van der Waals surface area contributed by atoms with E-state index in [2.05, 4.69) is 5.32 Å². The fraction of sp³-hybridized carbons (Fsp3) is 0.312. The Bertz CT molecular complexity index is 779. The number of nitrogens with one attached hydrogen (secondary N) is 1. The summed E-state index contributed by atoms with van der Waals surface area (Å²) in [4.78, 5) is 23.8. The Balaban J connectivity index is 1.77. The summed E-state index contributed by atoms with van der Waals surface area (Å²) in [5.74, 6) is -0.555. The van der Waals surface area contributed by atoms with Crippen LogP contribution >= 0.6 is 0 Å². The zero-order chi connectivity index (χ0) is 16.4. The molecule has 1 amide bonds. The molecule has 2 heterocycles. The van der Waals surface area contributed by atoms with E-state index in [1.165, 1.54) is 0 Å². The van der Waals surface area contributed by atoms with Gasteiger partial charge >= 0.3 is 5.97 Å². The van der Waals surface area contributed by atoms with E-state index in [1.807, 2.05) is 6.07 Å². The van der Waals surface area contributed by atoms with Gasteiger partial charge in [-0.3, -0.25) is 9.36 Å². The number of carbonyl (C=O) groups excluding carboxylic acids is 2. The van der Waals surface area contributed by atoms with Gasteiger partial charge in [0.15, 0.2) is 6.61 Å². The number of furan rings is 1. The van der Waals surface area contributed by atoms with Crippen LogP contribution in [0.5, 0.6) is 0 Å². The number of esters is 1. The van der Waals surface area contributed by atoms with E-state index >= 15 is 0 Å². The molecule has 2 aromatic heterocycles. The Morgan fingerprint density at radius 1 is 1.43 bits per heavy atom.